The Morgan fingerprint density at radius 3 is 2.77 bits per heavy atom. The van der Waals surface area contributed by atoms with Gasteiger partial charge >= 0.3 is 0 Å². The van der Waals surface area contributed by atoms with Gasteiger partial charge in [-0.15, -0.1) is 0 Å². The van der Waals surface area contributed by atoms with Crippen LogP contribution in [0.3, 0.4) is 0 Å². The van der Waals surface area contributed by atoms with Crippen LogP contribution >= 0.6 is 0 Å². The Labute approximate surface area is 178 Å². The van der Waals surface area contributed by atoms with Crippen LogP contribution < -0.4 is 14.9 Å². The molecule has 0 unspecified atom stereocenters. The van der Waals surface area contributed by atoms with Crippen LogP contribution in [0, 0.1) is 10.1 Å². The third kappa shape index (κ3) is 6.37. The lowest BCUT2D eigenvalue weighted by Gasteiger charge is -2.26. The minimum atomic E-state index is -0.520. The Morgan fingerprint density at radius 2 is 2.10 bits per heavy atom. The maximum Gasteiger partial charge on any atom is 0.287 e. The number of hydrogen-bond acceptors (Lipinski definition) is 9. The molecule has 1 aromatic carbocycles. The molecule has 0 aliphatic carbocycles. The van der Waals surface area contributed by atoms with E-state index in [9.17, 15) is 14.9 Å². The standard InChI is InChI=1S/C20H23N5O6/c1-2-30-18-11-15(12-22-23-19-6-4-16(13-21-19)25(27)28)3-5-17(18)31-14-20(26)24-7-9-29-10-8-24/h3-6,11-13H,2,7-10,14H2,1H3,(H,21,23)/b22-12-. The molecular formula is C20H23N5O6. The van der Waals surface area contributed by atoms with Gasteiger partial charge in [-0.1, -0.05) is 0 Å². The van der Waals surface area contributed by atoms with Crippen LogP contribution in [0.2, 0.25) is 0 Å². The molecule has 1 aliphatic heterocycles. The van der Waals surface area contributed by atoms with Crippen molar-refractivity contribution in [3.8, 4) is 11.5 Å². The molecule has 0 atom stereocenters. The lowest BCUT2D eigenvalue weighted by molar-refractivity contribution is -0.385. The number of ether oxygens (including phenoxy) is 3. The number of pyridine rings is 1. The van der Waals surface area contributed by atoms with Crippen molar-refractivity contribution in [1.29, 1.82) is 0 Å². The van der Waals surface area contributed by atoms with Gasteiger partial charge in [0.1, 0.15) is 12.0 Å². The largest absolute Gasteiger partial charge is 0.490 e. The van der Waals surface area contributed by atoms with Crippen molar-refractivity contribution >= 4 is 23.6 Å². The number of benzene rings is 1. The van der Waals surface area contributed by atoms with Crippen LogP contribution in [0.5, 0.6) is 11.5 Å². The summed E-state index contributed by atoms with van der Waals surface area (Å²) in [6, 6.07) is 8.02. The van der Waals surface area contributed by atoms with Gasteiger partial charge in [-0.2, -0.15) is 5.10 Å². The molecule has 11 nitrogen and oxygen atoms in total. The van der Waals surface area contributed by atoms with E-state index in [0.717, 1.165) is 11.8 Å². The summed E-state index contributed by atoms with van der Waals surface area (Å²) in [6.45, 7) is 4.39. The number of hydrazone groups is 1. The molecule has 0 saturated carbocycles. The van der Waals surface area contributed by atoms with E-state index < -0.39 is 4.92 Å². The highest BCUT2D eigenvalue weighted by Gasteiger charge is 2.18. The Balaban J connectivity index is 1.60. The van der Waals surface area contributed by atoms with Gasteiger partial charge in [0.25, 0.3) is 11.6 Å². The molecule has 0 spiro atoms. The van der Waals surface area contributed by atoms with E-state index in [1.807, 2.05) is 6.92 Å². The van der Waals surface area contributed by atoms with Gasteiger partial charge < -0.3 is 19.1 Å². The zero-order valence-electron chi connectivity index (χ0n) is 17.0. The SMILES string of the molecule is CCOc1cc(/C=N\Nc2ccc([N+](=O)[O-])cn2)ccc1OCC(=O)N1CCOCC1. The monoisotopic (exact) mass is 429 g/mol. The minimum Gasteiger partial charge on any atom is -0.490 e. The van der Waals surface area contributed by atoms with Crippen LogP contribution in [0.4, 0.5) is 11.5 Å². The molecule has 0 radical (unpaired) electrons. The Hall–Kier alpha value is -3.73. The first-order valence-corrected chi connectivity index (χ1v) is 9.71. The fourth-order valence-electron chi connectivity index (χ4n) is 2.77. The number of aromatic nitrogens is 1. The molecule has 0 bridgehead atoms. The Morgan fingerprint density at radius 1 is 1.29 bits per heavy atom. The lowest BCUT2D eigenvalue weighted by atomic mass is 10.2. The second-order valence-electron chi connectivity index (χ2n) is 6.45. The van der Waals surface area contributed by atoms with Crippen molar-refractivity contribution in [2.45, 2.75) is 6.92 Å². The van der Waals surface area contributed by atoms with Crippen LogP contribution in [0.25, 0.3) is 0 Å². The van der Waals surface area contributed by atoms with Crippen LogP contribution in [0.1, 0.15) is 12.5 Å². The summed E-state index contributed by atoms with van der Waals surface area (Å²) in [5.74, 6) is 1.23. The summed E-state index contributed by atoms with van der Waals surface area (Å²) >= 11 is 0. The molecule has 1 fully saturated rings. The number of carbonyl (C=O) groups excluding carboxylic acids is 1. The molecule has 164 valence electrons. The fraction of sp³-hybridized carbons (Fsp3) is 0.350. The number of rotatable bonds is 9. The predicted molar refractivity (Wildman–Crippen MR) is 113 cm³/mol. The third-order valence-electron chi connectivity index (χ3n) is 4.33. The molecule has 1 aliphatic rings. The first-order valence-electron chi connectivity index (χ1n) is 9.71. The van der Waals surface area contributed by atoms with Crippen LogP contribution in [-0.4, -0.2) is 66.4 Å². The van der Waals surface area contributed by atoms with E-state index in [-0.39, 0.29) is 18.2 Å². The van der Waals surface area contributed by atoms with Crippen molar-refractivity contribution in [3.63, 3.8) is 0 Å². The fourth-order valence-corrected chi connectivity index (χ4v) is 2.77. The molecule has 3 rings (SSSR count). The highest BCUT2D eigenvalue weighted by Crippen LogP contribution is 2.28. The third-order valence-corrected chi connectivity index (χ3v) is 4.33. The maximum atomic E-state index is 12.3. The summed E-state index contributed by atoms with van der Waals surface area (Å²) in [5, 5.41) is 14.7. The van der Waals surface area contributed by atoms with Gasteiger partial charge in [0.05, 0.1) is 31.0 Å². The first-order chi connectivity index (χ1) is 15.1. The van der Waals surface area contributed by atoms with Crippen molar-refractivity contribution in [1.82, 2.24) is 9.88 Å². The molecule has 2 heterocycles. The van der Waals surface area contributed by atoms with Gasteiger partial charge in [0.15, 0.2) is 18.1 Å². The number of nitrogens with one attached hydrogen (secondary N) is 1. The summed E-state index contributed by atoms with van der Waals surface area (Å²) in [7, 11) is 0. The van der Waals surface area contributed by atoms with E-state index >= 15 is 0 Å². The molecule has 1 amide bonds. The predicted octanol–water partition coefficient (Wildman–Crippen LogP) is 2.07. The number of hydrogen-bond donors (Lipinski definition) is 1. The average molecular weight is 429 g/mol. The van der Waals surface area contributed by atoms with Gasteiger partial charge in [-0.3, -0.25) is 20.3 Å². The highest BCUT2D eigenvalue weighted by atomic mass is 16.6. The van der Waals surface area contributed by atoms with Crippen molar-refractivity contribution in [3.05, 3.63) is 52.2 Å². The van der Waals surface area contributed by atoms with Gasteiger partial charge in [-0.25, -0.2) is 4.98 Å². The molecule has 11 heteroatoms. The molecule has 1 N–H and O–H groups in total. The van der Waals surface area contributed by atoms with Crippen molar-refractivity contribution < 1.29 is 23.9 Å². The number of anilines is 1. The van der Waals surface area contributed by atoms with E-state index in [0.29, 0.717) is 50.2 Å². The van der Waals surface area contributed by atoms with Crippen LogP contribution in [0.15, 0.2) is 41.6 Å². The number of carbonyl (C=O) groups is 1. The minimum absolute atomic E-state index is 0.0825. The zero-order valence-corrected chi connectivity index (χ0v) is 17.0. The number of nitro groups is 1. The molecule has 31 heavy (non-hydrogen) atoms. The number of morpholine rings is 1. The second-order valence-corrected chi connectivity index (χ2v) is 6.45. The zero-order chi connectivity index (χ0) is 22.1. The van der Waals surface area contributed by atoms with Gasteiger partial charge in [0, 0.05) is 19.2 Å². The van der Waals surface area contributed by atoms with E-state index in [2.05, 4.69) is 15.5 Å². The summed E-state index contributed by atoms with van der Waals surface area (Å²) in [6.07, 6.45) is 2.70. The average Bonchev–Trinajstić information content (AvgIpc) is 2.79. The summed E-state index contributed by atoms with van der Waals surface area (Å²) in [4.78, 5) is 28.0. The van der Waals surface area contributed by atoms with Gasteiger partial charge in [0.2, 0.25) is 0 Å². The van der Waals surface area contributed by atoms with Crippen molar-refractivity contribution in [2.24, 2.45) is 5.10 Å². The molecule has 1 aromatic heterocycles. The number of amides is 1. The molecule has 2 aromatic rings. The lowest BCUT2D eigenvalue weighted by Crippen LogP contribution is -2.43. The van der Waals surface area contributed by atoms with Crippen molar-refractivity contribution in [2.75, 3.05) is 44.9 Å². The second kappa shape index (κ2) is 10.9. The van der Waals surface area contributed by atoms with E-state index in [1.165, 1.54) is 12.1 Å². The quantitative estimate of drug-likeness (QED) is 0.364. The van der Waals surface area contributed by atoms with Crippen LogP contribution in [-0.2, 0) is 9.53 Å². The van der Waals surface area contributed by atoms with E-state index in [4.69, 9.17) is 14.2 Å². The Bertz CT molecular complexity index is 928. The first kappa shape index (κ1) is 22.0. The highest BCUT2D eigenvalue weighted by molar-refractivity contribution is 5.81. The normalized spacial score (nSPS) is 13.8. The van der Waals surface area contributed by atoms with E-state index in [1.54, 1.807) is 29.3 Å². The Kier molecular flexibility index (Phi) is 7.71. The van der Waals surface area contributed by atoms with Gasteiger partial charge in [-0.05, 0) is 36.8 Å². The topological polar surface area (TPSA) is 128 Å². The maximum absolute atomic E-state index is 12.3. The molecule has 1 saturated heterocycles. The summed E-state index contributed by atoms with van der Waals surface area (Å²) in [5.41, 5.74) is 3.33. The molecular weight excluding hydrogens is 406 g/mol. The number of nitrogens with zero attached hydrogens (tertiary/aromatic N) is 4. The smallest absolute Gasteiger partial charge is 0.287 e. The summed E-state index contributed by atoms with van der Waals surface area (Å²) < 4.78 is 16.6.